The number of thiol groups is 1. The minimum absolute atomic E-state index is 0.133. The minimum atomic E-state index is -0.173. The Bertz CT molecular complexity index is 105. The second kappa shape index (κ2) is 3.61. The highest BCUT2D eigenvalue weighted by Crippen LogP contribution is 2.00. The zero-order valence-electron chi connectivity index (χ0n) is 5.88. The van der Waals surface area contributed by atoms with Gasteiger partial charge in [0.15, 0.2) is 0 Å². The summed E-state index contributed by atoms with van der Waals surface area (Å²) in [7, 11) is 1.58. The van der Waals surface area contributed by atoms with Crippen molar-refractivity contribution < 1.29 is 4.79 Å². The molecule has 3 nitrogen and oxygen atoms in total. The predicted octanol–water partition coefficient (Wildman–Crippen LogP) is 0.881. The Hall–Kier alpha value is -0.380. The molecule has 4 heteroatoms. The maximum atomic E-state index is 10.7. The fraction of sp³-hybridized carbons (Fsp3) is 0.800. The summed E-state index contributed by atoms with van der Waals surface area (Å²) in [4.78, 5) is 10.7. The SMILES string of the molecule is CNC(=O)N(S)C(C)C. The number of nitrogens with zero attached hydrogens (tertiary/aromatic N) is 1. The number of carbonyl (C=O) groups excluding carboxylic acids is 1. The summed E-state index contributed by atoms with van der Waals surface area (Å²) >= 11 is 3.92. The van der Waals surface area contributed by atoms with Crippen LogP contribution in [0.3, 0.4) is 0 Å². The number of nitrogens with one attached hydrogen (secondary N) is 1. The van der Waals surface area contributed by atoms with E-state index in [1.807, 2.05) is 13.8 Å². The Morgan fingerprint density at radius 2 is 2.11 bits per heavy atom. The number of rotatable bonds is 1. The molecule has 0 saturated heterocycles. The summed E-state index contributed by atoms with van der Waals surface area (Å²) in [5.41, 5.74) is 0. The first-order valence-electron chi connectivity index (χ1n) is 2.79. The van der Waals surface area contributed by atoms with Crippen LogP contribution in [0.5, 0.6) is 0 Å². The molecule has 2 amide bonds. The first kappa shape index (κ1) is 8.62. The minimum Gasteiger partial charge on any atom is -0.340 e. The lowest BCUT2D eigenvalue weighted by molar-refractivity contribution is 0.223. The van der Waals surface area contributed by atoms with Crippen molar-refractivity contribution in [2.24, 2.45) is 0 Å². The van der Waals surface area contributed by atoms with Crippen LogP contribution in [-0.4, -0.2) is 23.4 Å². The highest BCUT2D eigenvalue weighted by molar-refractivity contribution is 7.78. The van der Waals surface area contributed by atoms with Crippen molar-refractivity contribution in [3.05, 3.63) is 0 Å². The Morgan fingerprint density at radius 3 is 2.22 bits per heavy atom. The molecule has 0 spiro atoms. The molecule has 9 heavy (non-hydrogen) atoms. The number of hydrogen-bond donors (Lipinski definition) is 2. The molecule has 0 unspecified atom stereocenters. The molecule has 0 radical (unpaired) electrons. The summed E-state index contributed by atoms with van der Waals surface area (Å²) in [6.45, 7) is 3.78. The third-order valence-corrected chi connectivity index (χ3v) is 1.55. The normalized spacial score (nSPS) is 9.44. The van der Waals surface area contributed by atoms with Gasteiger partial charge < -0.3 is 5.32 Å². The van der Waals surface area contributed by atoms with Crippen LogP contribution in [0.4, 0.5) is 4.79 Å². The van der Waals surface area contributed by atoms with Crippen molar-refractivity contribution >= 4 is 18.8 Å². The van der Waals surface area contributed by atoms with Crippen molar-refractivity contribution in [1.82, 2.24) is 9.62 Å². The van der Waals surface area contributed by atoms with Gasteiger partial charge >= 0.3 is 6.03 Å². The van der Waals surface area contributed by atoms with E-state index in [1.54, 1.807) is 7.05 Å². The second-order valence-corrected chi connectivity index (χ2v) is 2.42. The van der Waals surface area contributed by atoms with Crippen molar-refractivity contribution in [1.29, 1.82) is 0 Å². The van der Waals surface area contributed by atoms with E-state index in [1.165, 1.54) is 4.31 Å². The Balaban J connectivity index is 3.72. The molecule has 0 aliphatic heterocycles. The largest absolute Gasteiger partial charge is 0.340 e. The molecule has 0 rings (SSSR count). The molecule has 1 N–H and O–H groups in total. The first-order valence-corrected chi connectivity index (χ1v) is 3.19. The van der Waals surface area contributed by atoms with E-state index in [0.29, 0.717) is 0 Å². The number of carbonyl (C=O) groups is 1. The molecule has 0 aliphatic carbocycles. The lowest BCUT2D eigenvalue weighted by Gasteiger charge is -2.18. The fourth-order valence-electron chi connectivity index (χ4n) is 0.349. The van der Waals surface area contributed by atoms with Gasteiger partial charge in [0, 0.05) is 13.1 Å². The van der Waals surface area contributed by atoms with Crippen LogP contribution in [0.2, 0.25) is 0 Å². The zero-order valence-corrected chi connectivity index (χ0v) is 6.77. The van der Waals surface area contributed by atoms with E-state index in [4.69, 9.17) is 0 Å². The van der Waals surface area contributed by atoms with Crippen molar-refractivity contribution in [2.75, 3.05) is 7.05 Å². The maximum Gasteiger partial charge on any atom is 0.327 e. The van der Waals surface area contributed by atoms with Gasteiger partial charge in [-0.1, -0.05) is 12.8 Å². The molecule has 0 aromatic rings. The van der Waals surface area contributed by atoms with E-state index in [-0.39, 0.29) is 12.1 Å². The molecule has 0 saturated carbocycles. The average Bonchev–Trinajstić information content (AvgIpc) is 1.84. The molecule has 0 heterocycles. The molecule has 0 bridgehead atoms. The molecule has 54 valence electrons. The van der Waals surface area contributed by atoms with Gasteiger partial charge in [0.2, 0.25) is 0 Å². The van der Waals surface area contributed by atoms with Gasteiger partial charge in [-0.2, -0.15) is 0 Å². The summed E-state index contributed by atoms with van der Waals surface area (Å²) in [6, 6.07) is -0.0402. The van der Waals surface area contributed by atoms with Crippen LogP contribution in [0.1, 0.15) is 13.8 Å². The third kappa shape index (κ3) is 2.60. The highest BCUT2D eigenvalue weighted by atomic mass is 32.1. The summed E-state index contributed by atoms with van der Waals surface area (Å²) in [5, 5.41) is 2.46. The Morgan fingerprint density at radius 1 is 1.67 bits per heavy atom. The predicted molar refractivity (Wildman–Crippen MR) is 40.4 cm³/mol. The van der Waals surface area contributed by atoms with Crippen LogP contribution < -0.4 is 5.32 Å². The van der Waals surface area contributed by atoms with Crippen molar-refractivity contribution in [2.45, 2.75) is 19.9 Å². The van der Waals surface area contributed by atoms with Gasteiger partial charge in [0.05, 0.1) is 0 Å². The van der Waals surface area contributed by atoms with E-state index in [0.717, 1.165) is 0 Å². The number of hydrogen-bond acceptors (Lipinski definition) is 2. The van der Waals surface area contributed by atoms with Crippen molar-refractivity contribution in [3.8, 4) is 0 Å². The Labute approximate surface area is 61.0 Å². The smallest absolute Gasteiger partial charge is 0.327 e. The number of urea groups is 1. The first-order chi connectivity index (χ1) is 4.09. The van der Waals surface area contributed by atoms with Crippen LogP contribution in [0.15, 0.2) is 0 Å². The molecule has 0 aromatic carbocycles. The maximum absolute atomic E-state index is 10.7. The van der Waals surface area contributed by atoms with E-state index in [2.05, 4.69) is 18.1 Å². The standard InChI is InChI=1S/C5H12N2OS/c1-4(2)7(9)5(8)6-3/h4,9H,1-3H3,(H,6,8). The lowest BCUT2D eigenvalue weighted by Crippen LogP contribution is -2.35. The third-order valence-electron chi connectivity index (χ3n) is 0.911. The van der Waals surface area contributed by atoms with Gasteiger partial charge in [-0.05, 0) is 13.8 Å². The molecular weight excluding hydrogens is 136 g/mol. The summed E-state index contributed by atoms with van der Waals surface area (Å²) < 4.78 is 1.33. The quantitative estimate of drug-likeness (QED) is 0.532. The molecule has 0 aliphatic rings. The van der Waals surface area contributed by atoms with E-state index < -0.39 is 0 Å². The second-order valence-electron chi connectivity index (χ2n) is 1.99. The Kier molecular flexibility index (Phi) is 3.46. The zero-order chi connectivity index (χ0) is 7.44. The molecule has 0 atom stereocenters. The lowest BCUT2D eigenvalue weighted by atomic mass is 10.4. The molecular formula is C5H12N2OS. The molecule has 0 fully saturated rings. The van der Waals surface area contributed by atoms with Gasteiger partial charge in [0.1, 0.15) is 0 Å². The van der Waals surface area contributed by atoms with Crippen LogP contribution in [0.25, 0.3) is 0 Å². The average molecular weight is 148 g/mol. The van der Waals surface area contributed by atoms with Gasteiger partial charge in [0.25, 0.3) is 0 Å². The van der Waals surface area contributed by atoms with Gasteiger partial charge in [-0.15, -0.1) is 0 Å². The monoisotopic (exact) mass is 148 g/mol. The summed E-state index contributed by atoms with van der Waals surface area (Å²) in [6.07, 6.45) is 0. The topological polar surface area (TPSA) is 32.3 Å². The van der Waals surface area contributed by atoms with Gasteiger partial charge in [-0.25, -0.2) is 4.79 Å². The van der Waals surface area contributed by atoms with Crippen LogP contribution >= 0.6 is 12.8 Å². The van der Waals surface area contributed by atoms with Crippen LogP contribution in [0, 0.1) is 0 Å². The van der Waals surface area contributed by atoms with E-state index >= 15 is 0 Å². The number of amides is 2. The summed E-state index contributed by atoms with van der Waals surface area (Å²) in [5.74, 6) is 0. The van der Waals surface area contributed by atoms with Gasteiger partial charge in [-0.3, -0.25) is 4.31 Å². The molecule has 0 aromatic heterocycles. The van der Waals surface area contributed by atoms with Crippen molar-refractivity contribution in [3.63, 3.8) is 0 Å². The highest BCUT2D eigenvalue weighted by Gasteiger charge is 2.09. The van der Waals surface area contributed by atoms with E-state index in [9.17, 15) is 4.79 Å². The van der Waals surface area contributed by atoms with Crippen LogP contribution in [-0.2, 0) is 0 Å². The fourth-order valence-corrected chi connectivity index (χ4v) is 0.449.